The quantitative estimate of drug-likeness (QED) is 0.877. The van der Waals surface area contributed by atoms with Gasteiger partial charge in [0.25, 0.3) is 0 Å². The molecule has 5 rings (SSSR count). The second kappa shape index (κ2) is 3.44. The van der Waals surface area contributed by atoms with Crippen LogP contribution in [0.25, 0.3) is 0 Å². The smallest absolute Gasteiger partial charge is 0.232 e. The van der Waals surface area contributed by atoms with E-state index in [0.717, 1.165) is 24.2 Å². The molecule has 4 saturated carbocycles. The van der Waals surface area contributed by atoms with Crippen molar-refractivity contribution in [3.8, 4) is 0 Å². The molecule has 4 fully saturated rings. The summed E-state index contributed by atoms with van der Waals surface area (Å²) in [5.41, 5.74) is 6.20. The zero-order valence-electron chi connectivity index (χ0n) is 10.1. The van der Waals surface area contributed by atoms with E-state index in [9.17, 15) is 0 Å². The van der Waals surface area contributed by atoms with Gasteiger partial charge in [-0.25, -0.2) is 4.98 Å². The molecule has 0 radical (unpaired) electrons. The van der Waals surface area contributed by atoms with Crippen LogP contribution in [0.15, 0.2) is 0 Å². The van der Waals surface area contributed by atoms with Crippen molar-refractivity contribution in [3.05, 3.63) is 5.01 Å². The number of hydrogen-bond acceptors (Lipinski definition) is 4. The summed E-state index contributed by atoms with van der Waals surface area (Å²) < 4.78 is 4.12. The van der Waals surface area contributed by atoms with Gasteiger partial charge >= 0.3 is 0 Å². The van der Waals surface area contributed by atoms with Crippen LogP contribution < -0.4 is 5.73 Å². The van der Waals surface area contributed by atoms with Gasteiger partial charge in [-0.15, -0.1) is 0 Å². The number of aromatic nitrogens is 2. The number of hydrogen-bond donors (Lipinski definition) is 1. The maximum atomic E-state index is 5.63. The van der Waals surface area contributed by atoms with Crippen LogP contribution >= 0.6 is 11.5 Å². The summed E-state index contributed by atoms with van der Waals surface area (Å²) in [5, 5.41) is 1.17. The fourth-order valence-corrected chi connectivity index (χ4v) is 5.91. The van der Waals surface area contributed by atoms with E-state index in [0.29, 0.717) is 11.4 Å². The maximum absolute atomic E-state index is 5.63. The van der Waals surface area contributed by atoms with Gasteiger partial charge in [-0.05, 0) is 73.2 Å². The molecule has 1 heterocycles. The van der Waals surface area contributed by atoms with Crippen molar-refractivity contribution < 1.29 is 0 Å². The highest BCUT2D eigenvalue weighted by atomic mass is 32.1. The van der Waals surface area contributed by atoms with Crippen LogP contribution in [0.2, 0.25) is 0 Å². The van der Waals surface area contributed by atoms with Crippen molar-refractivity contribution in [2.75, 3.05) is 5.73 Å². The van der Waals surface area contributed by atoms with Gasteiger partial charge in [-0.2, -0.15) is 4.37 Å². The summed E-state index contributed by atoms with van der Waals surface area (Å²) in [4.78, 5) is 4.37. The lowest BCUT2D eigenvalue weighted by Gasteiger charge is -2.56. The molecule has 0 atom stereocenters. The lowest BCUT2D eigenvalue weighted by atomic mass is 9.49. The highest BCUT2D eigenvalue weighted by Crippen LogP contribution is 2.61. The third kappa shape index (κ3) is 1.68. The third-order valence-corrected chi connectivity index (χ3v) is 5.90. The van der Waals surface area contributed by atoms with Crippen LogP contribution in [-0.2, 0) is 6.42 Å². The van der Waals surface area contributed by atoms with Crippen LogP contribution in [0.4, 0.5) is 5.95 Å². The molecule has 0 saturated heterocycles. The highest BCUT2D eigenvalue weighted by Gasteiger charge is 2.50. The van der Waals surface area contributed by atoms with E-state index < -0.39 is 0 Å². The topological polar surface area (TPSA) is 51.8 Å². The normalized spacial score (nSPS) is 43.2. The van der Waals surface area contributed by atoms with E-state index >= 15 is 0 Å². The summed E-state index contributed by atoms with van der Waals surface area (Å²) in [7, 11) is 0. The van der Waals surface area contributed by atoms with E-state index in [4.69, 9.17) is 5.73 Å². The summed E-state index contributed by atoms with van der Waals surface area (Å²) in [6.45, 7) is 0. The molecule has 0 amide bonds. The molecule has 0 aromatic carbocycles. The van der Waals surface area contributed by atoms with Crippen LogP contribution in [0.3, 0.4) is 0 Å². The first-order valence-electron chi connectivity index (χ1n) is 6.79. The van der Waals surface area contributed by atoms with E-state index in [1.54, 1.807) is 0 Å². The number of anilines is 1. The lowest BCUT2D eigenvalue weighted by molar-refractivity contribution is -0.0521. The van der Waals surface area contributed by atoms with Gasteiger partial charge in [0.15, 0.2) is 0 Å². The molecular formula is C13H19N3S. The zero-order chi connectivity index (χ0) is 11.5. The predicted octanol–water partition coefficient (Wildman–Crippen LogP) is 2.88. The Kier molecular flexibility index (Phi) is 2.08. The molecule has 0 unspecified atom stereocenters. The molecule has 0 spiro atoms. The SMILES string of the molecule is Nc1nsc(CC23CC4CC(CC(C4)C2)C3)n1. The summed E-state index contributed by atoms with van der Waals surface area (Å²) in [6.07, 6.45) is 10.0. The van der Waals surface area contributed by atoms with Gasteiger partial charge < -0.3 is 5.73 Å². The van der Waals surface area contributed by atoms with Gasteiger partial charge in [0.1, 0.15) is 5.01 Å². The monoisotopic (exact) mass is 249 g/mol. The Bertz CT molecular complexity index is 404. The van der Waals surface area contributed by atoms with Crippen LogP contribution in [0.1, 0.15) is 43.5 Å². The van der Waals surface area contributed by atoms with Gasteiger partial charge in [0.05, 0.1) is 0 Å². The zero-order valence-corrected chi connectivity index (χ0v) is 10.9. The van der Waals surface area contributed by atoms with Crippen molar-refractivity contribution in [3.63, 3.8) is 0 Å². The molecule has 4 heteroatoms. The second-order valence-electron chi connectivity index (χ2n) is 6.64. The Morgan fingerprint density at radius 1 is 1.12 bits per heavy atom. The molecule has 4 aliphatic rings. The average Bonchev–Trinajstić information content (AvgIpc) is 2.60. The minimum Gasteiger partial charge on any atom is -0.367 e. The minimum atomic E-state index is 0.467. The number of nitrogen functional groups attached to an aromatic ring is 1. The van der Waals surface area contributed by atoms with Crippen molar-refractivity contribution >= 4 is 17.5 Å². The Morgan fingerprint density at radius 2 is 1.71 bits per heavy atom. The van der Waals surface area contributed by atoms with Gasteiger partial charge in [-0.3, -0.25) is 0 Å². The van der Waals surface area contributed by atoms with Gasteiger partial charge in [0.2, 0.25) is 5.95 Å². The molecule has 4 aliphatic carbocycles. The third-order valence-electron chi connectivity index (χ3n) is 5.18. The Labute approximate surface area is 106 Å². The van der Waals surface area contributed by atoms with Gasteiger partial charge in [0, 0.05) is 6.42 Å². The van der Waals surface area contributed by atoms with Crippen LogP contribution in [0, 0.1) is 23.2 Å². The van der Waals surface area contributed by atoms with E-state index in [-0.39, 0.29) is 0 Å². The molecule has 4 bridgehead atoms. The van der Waals surface area contributed by atoms with Crippen LogP contribution in [0.5, 0.6) is 0 Å². The number of nitrogens with two attached hydrogens (primary N) is 1. The fraction of sp³-hybridized carbons (Fsp3) is 0.846. The fourth-order valence-electron chi connectivity index (χ4n) is 5.17. The average molecular weight is 249 g/mol. The molecule has 1 aromatic heterocycles. The molecular weight excluding hydrogens is 230 g/mol. The van der Waals surface area contributed by atoms with Crippen molar-refractivity contribution in [1.29, 1.82) is 0 Å². The van der Waals surface area contributed by atoms with E-state index in [1.807, 2.05) is 0 Å². The van der Waals surface area contributed by atoms with Crippen molar-refractivity contribution in [2.45, 2.75) is 44.9 Å². The first-order valence-corrected chi connectivity index (χ1v) is 7.56. The Hall–Kier alpha value is -0.640. The second-order valence-corrected chi connectivity index (χ2v) is 7.48. The molecule has 2 N–H and O–H groups in total. The molecule has 0 aliphatic heterocycles. The standard InChI is InChI=1S/C13H19N3S/c14-12-15-11(17-16-12)7-13-4-8-1-9(5-13)3-10(2-8)6-13/h8-10H,1-7H2,(H2,14,16). The predicted molar refractivity (Wildman–Crippen MR) is 68.6 cm³/mol. The number of rotatable bonds is 2. The van der Waals surface area contributed by atoms with Crippen LogP contribution in [-0.4, -0.2) is 9.36 Å². The summed E-state index contributed by atoms with van der Waals surface area (Å²) in [5.74, 6) is 3.53. The molecule has 92 valence electrons. The summed E-state index contributed by atoms with van der Waals surface area (Å²) >= 11 is 1.51. The molecule has 17 heavy (non-hydrogen) atoms. The van der Waals surface area contributed by atoms with Crippen molar-refractivity contribution in [2.24, 2.45) is 23.2 Å². The largest absolute Gasteiger partial charge is 0.367 e. The Morgan fingerprint density at radius 3 is 2.18 bits per heavy atom. The molecule has 3 nitrogen and oxygen atoms in total. The van der Waals surface area contributed by atoms with Gasteiger partial charge in [-0.1, -0.05) is 0 Å². The summed E-state index contributed by atoms with van der Waals surface area (Å²) in [6, 6.07) is 0. The first-order chi connectivity index (χ1) is 8.21. The highest BCUT2D eigenvalue weighted by molar-refractivity contribution is 7.05. The van der Waals surface area contributed by atoms with E-state index in [2.05, 4.69) is 9.36 Å². The molecule has 1 aromatic rings. The number of nitrogens with zero attached hydrogens (tertiary/aromatic N) is 2. The lowest BCUT2D eigenvalue weighted by Crippen LogP contribution is -2.47. The minimum absolute atomic E-state index is 0.467. The van der Waals surface area contributed by atoms with Crippen molar-refractivity contribution in [1.82, 2.24) is 9.36 Å². The maximum Gasteiger partial charge on any atom is 0.232 e. The van der Waals surface area contributed by atoms with E-state index in [1.165, 1.54) is 55.1 Å². The Balaban J connectivity index is 1.60. The first kappa shape index (κ1) is 10.3.